The highest BCUT2D eigenvalue weighted by Gasteiger charge is 2.35. The third-order valence-electron chi connectivity index (χ3n) is 6.73. The molecule has 0 saturated carbocycles. The Labute approximate surface area is 184 Å². The minimum atomic E-state index is -3.55. The van der Waals surface area contributed by atoms with Crippen molar-refractivity contribution in [2.24, 2.45) is 0 Å². The smallest absolute Gasteiger partial charge is 0.243 e. The van der Waals surface area contributed by atoms with Crippen LogP contribution in [0.2, 0.25) is 0 Å². The van der Waals surface area contributed by atoms with Crippen LogP contribution in [0.25, 0.3) is 0 Å². The summed E-state index contributed by atoms with van der Waals surface area (Å²) < 4.78 is 27.7. The molecule has 31 heavy (non-hydrogen) atoms. The van der Waals surface area contributed by atoms with Crippen LogP contribution in [0.5, 0.6) is 0 Å². The third-order valence-corrected chi connectivity index (χ3v) is 8.62. The molecule has 8 nitrogen and oxygen atoms in total. The standard InChI is InChI=1S/C22H32N4O4S/c1-23(2)22(28)20-7-4-10-25(20)16-21(27)24-11-13-26(14-12-24)31(29,30)19-9-8-17-5-3-6-18(17)15-19/h8-9,15,20H,3-7,10-14,16H2,1-2H3. The van der Waals surface area contributed by atoms with Crippen molar-refractivity contribution in [2.45, 2.75) is 43.0 Å². The van der Waals surface area contributed by atoms with Gasteiger partial charge in [-0.2, -0.15) is 4.31 Å². The van der Waals surface area contributed by atoms with Crippen molar-refractivity contribution in [2.75, 3.05) is 53.4 Å². The lowest BCUT2D eigenvalue weighted by atomic mass is 10.1. The first-order chi connectivity index (χ1) is 14.8. The molecule has 0 radical (unpaired) electrons. The second kappa shape index (κ2) is 8.88. The van der Waals surface area contributed by atoms with Crippen molar-refractivity contribution >= 4 is 21.8 Å². The van der Waals surface area contributed by atoms with Crippen molar-refractivity contribution < 1.29 is 18.0 Å². The largest absolute Gasteiger partial charge is 0.347 e. The van der Waals surface area contributed by atoms with Gasteiger partial charge in [0.05, 0.1) is 17.5 Å². The molecule has 1 aliphatic carbocycles. The first-order valence-electron chi connectivity index (χ1n) is 11.1. The summed E-state index contributed by atoms with van der Waals surface area (Å²) in [6, 6.07) is 5.24. The molecule has 4 rings (SSSR count). The van der Waals surface area contributed by atoms with E-state index < -0.39 is 10.0 Å². The molecule has 1 aromatic carbocycles. The minimum absolute atomic E-state index is 0.0342. The summed E-state index contributed by atoms with van der Waals surface area (Å²) in [6.45, 7) is 2.30. The molecule has 2 heterocycles. The number of aryl methyl sites for hydroxylation is 2. The summed E-state index contributed by atoms with van der Waals surface area (Å²) >= 11 is 0. The van der Waals surface area contributed by atoms with Gasteiger partial charge in [0.25, 0.3) is 0 Å². The Morgan fingerprint density at radius 3 is 2.42 bits per heavy atom. The van der Waals surface area contributed by atoms with E-state index >= 15 is 0 Å². The molecule has 9 heteroatoms. The fourth-order valence-electron chi connectivity index (χ4n) is 4.90. The number of hydrogen-bond acceptors (Lipinski definition) is 5. The number of piperazine rings is 1. The molecule has 0 bridgehead atoms. The molecule has 1 unspecified atom stereocenters. The Morgan fingerprint density at radius 1 is 1.00 bits per heavy atom. The molecule has 1 aromatic rings. The number of benzene rings is 1. The molecule has 2 aliphatic heterocycles. The average Bonchev–Trinajstić information content (AvgIpc) is 3.41. The van der Waals surface area contributed by atoms with Gasteiger partial charge in [-0.1, -0.05) is 6.07 Å². The second-order valence-electron chi connectivity index (χ2n) is 8.93. The lowest BCUT2D eigenvalue weighted by Crippen LogP contribution is -2.53. The van der Waals surface area contributed by atoms with E-state index in [0.29, 0.717) is 31.1 Å². The summed E-state index contributed by atoms with van der Waals surface area (Å²) in [4.78, 5) is 30.8. The molecule has 2 saturated heterocycles. The summed E-state index contributed by atoms with van der Waals surface area (Å²) in [6.07, 6.45) is 4.72. The Balaban J connectivity index is 1.35. The monoisotopic (exact) mass is 448 g/mol. The van der Waals surface area contributed by atoms with Gasteiger partial charge in [0.15, 0.2) is 0 Å². The number of likely N-dealkylation sites (tertiary alicyclic amines) is 1. The average molecular weight is 449 g/mol. The Hall–Kier alpha value is -1.97. The molecule has 2 fully saturated rings. The van der Waals surface area contributed by atoms with E-state index in [0.717, 1.165) is 44.2 Å². The normalized spacial score (nSPS) is 22.5. The molecule has 3 aliphatic rings. The van der Waals surface area contributed by atoms with Gasteiger partial charge in [-0.15, -0.1) is 0 Å². The number of carbonyl (C=O) groups excluding carboxylic acids is 2. The van der Waals surface area contributed by atoms with Crippen molar-refractivity contribution in [1.82, 2.24) is 19.0 Å². The number of nitrogens with zero attached hydrogens (tertiary/aromatic N) is 4. The van der Waals surface area contributed by atoms with Crippen LogP contribution in [0.15, 0.2) is 23.1 Å². The molecule has 0 aromatic heterocycles. The highest BCUT2D eigenvalue weighted by Crippen LogP contribution is 2.27. The zero-order chi connectivity index (χ0) is 22.2. The zero-order valence-corrected chi connectivity index (χ0v) is 19.2. The van der Waals surface area contributed by atoms with E-state index in [4.69, 9.17) is 0 Å². The number of hydrogen-bond donors (Lipinski definition) is 0. The quantitative estimate of drug-likeness (QED) is 0.658. The lowest BCUT2D eigenvalue weighted by molar-refractivity contribution is -0.137. The van der Waals surface area contributed by atoms with Crippen LogP contribution in [0.4, 0.5) is 0 Å². The maximum Gasteiger partial charge on any atom is 0.243 e. The molecule has 0 N–H and O–H groups in total. The molecule has 170 valence electrons. The SMILES string of the molecule is CN(C)C(=O)C1CCCN1CC(=O)N1CCN(S(=O)(=O)c2ccc3c(c2)CCC3)CC1. The Morgan fingerprint density at radius 2 is 1.71 bits per heavy atom. The van der Waals surface area contributed by atoms with Crippen LogP contribution in [0, 0.1) is 0 Å². The van der Waals surface area contributed by atoms with Crippen molar-refractivity contribution in [1.29, 1.82) is 0 Å². The van der Waals surface area contributed by atoms with Crippen LogP contribution < -0.4 is 0 Å². The van der Waals surface area contributed by atoms with Gasteiger partial charge in [0, 0.05) is 40.3 Å². The summed E-state index contributed by atoms with van der Waals surface area (Å²) in [7, 11) is -0.0751. The van der Waals surface area contributed by atoms with Gasteiger partial charge >= 0.3 is 0 Å². The van der Waals surface area contributed by atoms with Crippen LogP contribution in [-0.2, 0) is 32.5 Å². The molecular formula is C22H32N4O4S. The number of fused-ring (bicyclic) bond motifs is 1. The van der Waals surface area contributed by atoms with E-state index in [-0.39, 0.29) is 24.4 Å². The topological polar surface area (TPSA) is 81.2 Å². The van der Waals surface area contributed by atoms with Gasteiger partial charge in [-0.3, -0.25) is 14.5 Å². The highest BCUT2D eigenvalue weighted by atomic mass is 32.2. The molecular weight excluding hydrogens is 416 g/mol. The molecule has 1 atom stereocenters. The predicted octanol–water partition coefficient (Wildman–Crippen LogP) is 0.561. The van der Waals surface area contributed by atoms with Gasteiger partial charge in [0.1, 0.15) is 0 Å². The summed E-state index contributed by atoms with van der Waals surface area (Å²) in [5.41, 5.74) is 2.39. The first kappa shape index (κ1) is 22.2. The van der Waals surface area contributed by atoms with E-state index in [1.807, 2.05) is 17.0 Å². The Kier molecular flexibility index (Phi) is 6.37. The van der Waals surface area contributed by atoms with E-state index in [1.165, 1.54) is 9.87 Å². The van der Waals surface area contributed by atoms with Crippen LogP contribution in [0.1, 0.15) is 30.4 Å². The van der Waals surface area contributed by atoms with Crippen LogP contribution in [-0.4, -0.2) is 98.6 Å². The van der Waals surface area contributed by atoms with E-state index in [2.05, 4.69) is 0 Å². The van der Waals surface area contributed by atoms with Gasteiger partial charge in [0.2, 0.25) is 21.8 Å². The Bertz CT molecular complexity index is 954. The summed E-state index contributed by atoms with van der Waals surface area (Å²) in [5.74, 6) is 0.00333. The first-order valence-corrected chi connectivity index (χ1v) is 12.6. The number of likely N-dealkylation sites (N-methyl/N-ethyl adjacent to an activating group) is 1. The lowest BCUT2D eigenvalue weighted by Gasteiger charge is -2.35. The van der Waals surface area contributed by atoms with Gasteiger partial charge in [-0.25, -0.2) is 8.42 Å². The second-order valence-corrected chi connectivity index (χ2v) is 10.9. The van der Waals surface area contributed by atoms with Crippen LogP contribution >= 0.6 is 0 Å². The maximum atomic E-state index is 13.1. The minimum Gasteiger partial charge on any atom is -0.347 e. The third kappa shape index (κ3) is 4.49. The molecule has 2 amide bonds. The predicted molar refractivity (Wildman–Crippen MR) is 117 cm³/mol. The maximum absolute atomic E-state index is 13.1. The fourth-order valence-corrected chi connectivity index (χ4v) is 6.38. The number of carbonyl (C=O) groups is 2. The van der Waals surface area contributed by atoms with Crippen molar-refractivity contribution in [3.05, 3.63) is 29.3 Å². The van der Waals surface area contributed by atoms with Crippen molar-refractivity contribution in [3.63, 3.8) is 0 Å². The van der Waals surface area contributed by atoms with Crippen molar-refractivity contribution in [3.8, 4) is 0 Å². The van der Waals surface area contributed by atoms with Gasteiger partial charge in [-0.05, 0) is 61.9 Å². The summed E-state index contributed by atoms with van der Waals surface area (Å²) in [5, 5.41) is 0. The highest BCUT2D eigenvalue weighted by molar-refractivity contribution is 7.89. The van der Waals surface area contributed by atoms with E-state index in [1.54, 1.807) is 30.0 Å². The zero-order valence-electron chi connectivity index (χ0n) is 18.4. The number of amides is 2. The fraction of sp³-hybridized carbons (Fsp3) is 0.636. The molecule has 0 spiro atoms. The number of rotatable bonds is 5. The van der Waals surface area contributed by atoms with Gasteiger partial charge < -0.3 is 9.80 Å². The van der Waals surface area contributed by atoms with E-state index in [9.17, 15) is 18.0 Å². The number of sulfonamides is 1. The van der Waals surface area contributed by atoms with Crippen LogP contribution in [0.3, 0.4) is 0 Å².